The Labute approximate surface area is 199 Å². The number of methoxy groups -OCH3 is 1. The highest BCUT2D eigenvalue weighted by atomic mass is 16.5. The number of amides is 1. The van der Waals surface area contributed by atoms with Crippen molar-refractivity contribution in [2.45, 2.75) is 13.5 Å². The van der Waals surface area contributed by atoms with Gasteiger partial charge in [0.25, 0.3) is 5.91 Å². The zero-order valence-electron chi connectivity index (χ0n) is 19.3. The summed E-state index contributed by atoms with van der Waals surface area (Å²) < 4.78 is 10.8. The van der Waals surface area contributed by atoms with Gasteiger partial charge in [0.15, 0.2) is 11.5 Å². The molecule has 7 nitrogen and oxygen atoms in total. The second-order valence-corrected chi connectivity index (χ2v) is 8.08. The maximum absolute atomic E-state index is 11.9. The summed E-state index contributed by atoms with van der Waals surface area (Å²) in [5.74, 6) is 5.47. The molecule has 1 saturated heterocycles. The van der Waals surface area contributed by atoms with Crippen LogP contribution in [0.4, 0.5) is 0 Å². The van der Waals surface area contributed by atoms with Crippen LogP contribution in [0, 0.1) is 18.8 Å². The molecule has 1 aliphatic rings. The van der Waals surface area contributed by atoms with E-state index < -0.39 is 5.91 Å². The number of pyridine rings is 1. The minimum atomic E-state index is -0.778. The fourth-order valence-electron chi connectivity index (χ4n) is 3.87. The third-order valence-electron chi connectivity index (χ3n) is 5.73. The monoisotopic (exact) mass is 457 g/mol. The van der Waals surface area contributed by atoms with Gasteiger partial charge in [-0.1, -0.05) is 36.1 Å². The van der Waals surface area contributed by atoms with Crippen molar-refractivity contribution in [2.24, 2.45) is 5.73 Å². The molecule has 0 spiro atoms. The maximum atomic E-state index is 11.9. The van der Waals surface area contributed by atoms with Crippen LogP contribution in [0.2, 0.25) is 0 Å². The van der Waals surface area contributed by atoms with Crippen LogP contribution in [0.15, 0.2) is 48.5 Å². The molecule has 0 bridgehead atoms. The Kier molecular flexibility index (Phi) is 7.12. The Bertz CT molecular complexity index is 1240. The van der Waals surface area contributed by atoms with Crippen molar-refractivity contribution < 1.29 is 19.4 Å². The Balaban J connectivity index is 1.51. The van der Waals surface area contributed by atoms with Gasteiger partial charge in [-0.3, -0.25) is 9.69 Å². The van der Waals surface area contributed by atoms with E-state index in [0.29, 0.717) is 11.4 Å². The van der Waals surface area contributed by atoms with Gasteiger partial charge in [0, 0.05) is 36.3 Å². The smallest absolute Gasteiger partial charge is 0.256 e. The average Bonchev–Trinajstić information content (AvgIpc) is 2.85. The van der Waals surface area contributed by atoms with Gasteiger partial charge in [0.2, 0.25) is 0 Å². The Morgan fingerprint density at radius 3 is 2.24 bits per heavy atom. The molecule has 2 aromatic carbocycles. The predicted octanol–water partition coefficient (Wildman–Crippen LogP) is 3.10. The molecule has 174 valence electrons. The van der Waals surface area contributed by atoms with E-state index in [4.69, 9.17) is 15.2 Å². The van der Waals surface area contributed by atoms with Crippen LogP contribution in [0.25, 0.3) is 11.3 Å². The normalized spacial score (nSPS) is 13.7. The summed E-state index contributed by atoms with van der Waals surface area (Å²) in [5.41, 5.74) is 9.87. The molecule has 1 fully saturated rings. The SMILES string of the molecule is COc1c(-c2ccc(C#Cc3ccc(CN4CCOCC4)cc3)cc2)nc(C)c(O)c1C(N)=O. The van der Waals surface area contributed by atoms with Crippen LogP contribution in [0.1, 0.15) is 32.7 Å². The number of morpholine rings is 1. The number of rotatable bonds is 5. The topological polar surface area (TPSA) is 97.9 Å². The summed E-state index contributed by atoms with van der Waals surface area (Å²) in [7, 11) is 1.41. The van der Waals surface area contributed by atoms with Gasteiger partial charge >= 0.3 is 0 Å². The van der Waals surface area contributed by atoms with E-state index in [-0.39, 0.29) is 17.1 Å². The summed E-state index contributed by atoms with van der Waals surface area (Å²) in [5, 5.41) is 10.2. The number of carbonyl (C=O) groups is 1. The summed E-state index contributed by atoms with van der Waals surface area (Å²) in [6, 6.07) is 15.8. The lowest BCUT2D eigenvalue weighted by molar-refractivity contribution is 0.0342. The van der Waals surface area contributed by atoms with Crippen molar-refractivity contribution in [3.63, 3.8) is 0 Å². The van der Waals surface area contributed by atoms with Gasteiger partial charge in [0.1, 0.15) is 11.3 Å². The Morgan fingerprint density at radius 2 is 1.68 bits per heavy atom. The number of carbonyl (C=O) groups excluding carboxylic acids is 1. The quantitative estimate of drug-likeness (QED) is 0.572. The largest absolute Gasteiger partial charge is 0.505 e. The van der Waals surface area contributed by atoms with E-state index in [9.17, 15) is 9.90 Å². The number of benzene rings is 2. The first-order chi connectivity index (χ1) is 16.5. The molecule has 1 aliphatic heterocycles. The molecule has 4 rings (SSSR count). The Morgan fingerprint density at radius 1 is 1.09 bits per heavy atom. The fourth-order valence-corrected chi connectivity index (χ4v) is 3.87. The first-order valence-corrected chi connectivity index (χ1v) is 11.0. The number of nitrogens with two attached hydrogens (primary N) is 1. The van der Waals surface area contributed by atoms with Crippen molar-refractivity contribution >= 4 is 5.91 Å². The van der Waals surface area contributed by atoms with Crippen molar-refractivity contribution in [3.8, 4) is 34.6 Å². The molecule has 0 saturated carbocycles. The molecule has 0 unspecified atom stereocenters. The molecule has 2 heterocycles. The van der Waals surface area contributed by atoms with E-state index in [2.05, 4.69) is 33.9 Å². The molecule has 0 radical (unpaired) electrons. The minimum Gasteiger partial charge on any atom is -0.505 e. The number of aromatic nitrogens is 1. The average molecular weight is 458 g/mol. The minimum absolute atomic E-state index is 0.0778. The van der Waals surface area contributed by atoms with Crippen LogP contribution in [-0.2, 0) is 11.3 Å². The highest BCUT2D eigenvalue weighted by Crippen LogP contribution is 2.37. The van der Waals surface area contributed by atoms with Crippen molar-refractivity contribution in [1.82, 2.24) is 9.88 Å². The zero-order chi connectivity index (χ0) is 24.1. The Hall–Kier alpha value is -3.86. The third kappa shape index (κ3) is 5.20. The van der Waals surface area contributed by atoms with E-state index in [1.807, 2.05) is 36.4 Å². The second-order valence-electron chi connectivity index (χ2n) is 8.08. The number of hydrogen-bond donors (Lipinski definition) is 2. The van der Waals surface area contributed by atoms with Crippen molar-refractivity contribution in [2.75, 3.05) is 33.4 Å². The van der Waals surface area contributed by atoms with Crippen LogP contribution < -0.4 is 10.5 Å². The lowest BCUT2D eigenvalue weighted by atomic mass is 10.0. The van der Waals surface area contributed by atoms with E-state index >= 15 is 0 Å². The van der Waals surface area contributed by atoms with Crippen LogP contribution in [0.3, 0.4) is 0 Å². The standard InChI is InChI=1S/C27H27N3O4/c1-18-25(31)23(27(28)32)26(33-2)24(29-18)22-11-9-20(10-12-22)4-3-19-5-7-21(8-6-19)17-30-13-15-34-16-14-30/h5-12,31H,13-17H2,1-2H3,(H2,28,32). The number of ether oxygens (including phenoxy) is 2. The first kappa shape index (κ1) is 23.3. The molecule has 0 aliphatic carbocycles. The lowest BCUT2D eigenvalue weighted by Crippen LogP contribution is -2.35. The van der Waals surface area contributed by atoms with Crippen molar-refractivity contribution in [3.05, 3.63) is 76.5 Å². The summed E-state index contributed by atoms with van der Waals surface area (Å²) >= 11 is 0. The molecular weight excluding hydrogens is 430 g/mol. The first-order valence-electron chi connectivity index (χ1n) is 11.0. The summed E-state index contributed by atoms with van der Waals surface area (Å²) in [6.45, 7) is 6.05. The number of nitrogens with zero attached hydrogens (tertiary/aromatic N) is 2. The molecule has 34 heavy (non-hydrogen) atoms. The number of aromatic hydroxyl groups is 1. The summed E-state index contributed by atoms with van der Waals surface area (Å²) in [6.07, 6.45) is 0. The predicted molar refractivity (Wildman–Crippen MR) is 130 cm³/mol. The van der Waals surface area contributed by atoms with Gasteiger partial charge in [-0.2, -0.15) is 0 Å². The van der Waals surface area contributed by atoms with E-state index in [1.165, 1.54) is 12.7 Å². The fraction of sp³-hybridized carbons (Fsp3) is 0.259. The molecular formula is C27H27N3O4. The van der Waals surface area contributed by atoms with Gasteiger partial charge in [-0.15, -0.1) is 0 Å². The van der Waals surface area contributed by atoms with Gasteiger partial charge < -0.3 is 20.3 Å². The van der Waals surface area contributed by atoms with Crippen molar-refractivity contribution in [1.29, 1.82) is 0 Å². The summed E-state index contributed by atoms with van der Waals surface area (Å²) in [4.78, 5) is 18.6. The molecule has 1 aromatic heterocycles. The second kappa shape index (κ2) is 10.4. The molecule has 1 amide bonds. The molecule has 3 aromatic rings. The molecule has 7 heteroatoms. The number of aryl methyl sites for hydroxylation is 1. The number of primary amides is 1. The van der Waals surface area contributed by atoms with E-state index in [0.717, 1.165) is 49.5 Å². The maximum Gasteiger partial charge on any atom is 0.256 e. The third-order valence-corrected chi connectivity index (χ3v) is 5.73. The molecule has 3 N–H and O–H groups in total. The van der Waals surface area contributed by atoms with Crippen LogP contribution in [0.5, 0.6) is 11.5 Å². The molecule has 0 atom stereocenters. The number of hydrogen-bond acceptors (Lipinski definition) is 6. The van der Waals surface area contributed by atoms with Crippen LogP contribution >= 0.6 is 0 Å². The highest BCUT2D eigenvalue weighted by Gasteiger charge is 2.23. The van der Waals surface area contributed by atoms with E-state index in [1.54, 1.807) is 6.92 Å². The van der Waals surface area contributed by atoms with Crippen LogP contribution in [-0.4, -0.2) is 54.3 Å². The highest BCUT2D eigenvalue weighted by molar-refractivity contribution is 6.00. The zero-order valence-corrected chi connectivity index (χ0v) is 19.3. The lowest BCUT2D eigenvalue weighted by Gasteiger charge is -2.26. The van der Waals surface area contributed by atoms with Gasteiger partial charge in [-0.25, -0.2) is 4.98 Å². The van der Waals surface area contributed by atoms with Gasteiger partial charge in [0.05, 0.1) is 26.0 Å². The van der Waals surface area contributed by atoms with Gasteiger partial charge in [-0.05, 0) is 36.8 Å².